The van der Waals surface area contributed by atoms with Gasteiger partial charge in [-0.1, -0.05) is 0 Å². The Bertz CT molecular complexity index is 464. The number of nitrogens with one attached hydrogen (secondary N) is 1. The summed E-state index contributed by atoms with van der Waals surface area (Å²) in [7, 11) is 3.04. The molecule has 5 nitrogen and oxygen atoms in total. The van der Waals surface area contributed by atoms with Gasteiger partial charge in [0.25, 0.3) is 0 Å². The summed E-state index contributed by atoms with van der Waals surface area (Å²) in [4.78, 5) is 6.88. The lowest BCUT2D eigenvalue weighted by Crippen LogP contribution is -1.91. The monoisotopic (exact) mass is 194 g/mol. The van der Waals surface area contributed by atoms with E-state index in [0.717, 1.165) is 0 Å². The number of aromatic hydroxyl groups is 1. The van der Waals surface area contributed by atoms with Crippen molar-refractivity contribution in [2.45, 2.75) is 0 Å². The first-order valence-corrected chi connectivity index (χ1v) is 4.05. The van der Waals surface area contributed by atoms with Crippen LogP contribution in [0.15, 0.2) is 12.4 Å². The average Bonchev–Trinajstić information content (AvgIpc) is 2.60. The highest BCUT2D eigenvalue weighted by molar-refractivity contribution is 5.94. The van der Waals surface area contributed by atoms with E-state index < -0.39 is 0 Å². The van der Waals surface area contributed by atoms with Gasteiger partial charge in [-0.3, -0.25) is 0 Å². The van der Waals surface area contributed by atoms with Gasteiger partial charge in [0.2, 0.25) is 5.88 Å². The largest absolute Gasteiger partial charge is 0.506 e. The van der Waals surface area contributed by atoms with Crippen molar-refractivity contribution < 1.29 is 14.6 Å². The average molecular weight is 194 g/mol. The quantitative estimate of drug-likeness (QED) is 0.755. The summed E-state index contributed by atoms with van der Waals surface area (Å²) in [6.45, 7) is 0. The molecule has 5 heteroatoms. The van der Waals surface area contributed by atoms with E-state index in [1.165, 1.54) is 26.6 Å². The second-order valence-corrected chi connectivity index (χ2v) is 2.76. The maximum absolute atomic E-state index is 9.55. The van der Waals surface area contributed by atoms with Crippen LogP contribution in [0.4, 0.5) is 0 Å². The molecule has 0 fully saturated rings. The lowest BCUT2D eigenvalue weighted by atomic mass is 10.3. The first-order valence-electron chi connectivity index (χ1n) is 4.05. The number of hydrogen-bond donors (Lipinski definition) is 2. The summed E-state index contributed by atoms with van der Waals surface area (Å²) in [5.74, 6) is 1.07. The third kappa shape index (κ3) is 1.06. The molecule has 0 aromatic carbocycles. The molecule has 2 aromatic heterocycles. The van der Waals surface area contributed by atoms with Gasteiger partial charge in [-0.15, -0.1) is 0 Å². The summed E-state index contributed by atoms with van der Waals surface area (Å²) in [5.41, 5.74) is 0.629. The van der Waals surface area contributed by atoms with E-state index in [1.807, 2.05) is 0 Å². The minimum Gasteiger partial charge on any atom is -0.506 e. The summed E-state index contributed by atoms with van der Waals surface area (Å²) >= 11 is 0. The Kier molecular flexibility index (Phi) is 1.92. The highest BCUT2D eigenvalue weighted by atomic mass is 16.5. The van der Waals surface area contributed by atoms with Gasteiger partial charge in [-0.2, -0.15) is 0 Å². The highest BCUT2D eigenvalue weighted by Gasteiger charge is 2.13. The van der Waals surface area contributed by atoms with Crippen molar-refractivity contribution in [1.29, 1.82) is 0 Å². The second-order valence-electron chi connectivity index (χ2n) is 2.76. The Morgan fingerprint density at radius 3 is 2.79 bits per heavy atom. The molecule has 0 saturated heterocycles. The van der Waals surface area contributed by atoms with Crippen molar-refractivity contribution >= 4 is 10.9 Å². The minimum atomic E-state index is 0.123. The predicted molar refractivity (Wildman–Crippen MR) is 50.9 cm³/mol. The molecule has 0 aliphatic heterocycles. The zero-order chi connectivity index (χ0) is 10.1. The molecule has 0 radical (unpaired) electrons. The van der Waals surface area contributed by atoms with Crippen LogP contribution in [0.2, 0.25) is 0 Å². The van der Waals surface area contributed by atoms with Gasteiger partial charge in [-0.25, -0.2) is 4.98 Å². The number of aromatic nitrogens is 2. The predicted octanol–water partition coefficient (Wildman–Crippen LogP) is 1.29. The Hall–Kier alpha value is -1.91. The molecule has 0 aliphatic rings. The molecule has 0 unspecified atom stereocenters. The van der Waals surface area contributed by atoms with Gasteiger partial charge in [0.1, 0.15) is 11.3 Å². The van der Waals surface area contributed by atoms with Crippen molar-refractivity contribution in [2.75, 3.05) is 14.2 Å². The lowest BCUT2D eigenvalue weighted by molar-refractivity contribution is 0.393. The highest BCUT2D eigenvalue weighted by Crippen LogP contribution is 2.36. The summed E-state index contributed by atoms with van der Waals surface area (Å²) in [6.07, 6.45) is 2.98. The maximum Gasteiger partial charge on any atom is 0.238 e. The van der Waals surface area contributed by atoms with Crippen molar-refractivity contribution in [3.63, 3.8) is 0 Å². The minimum absolute atomic E-state index is 0.123. The molecule has 0 spiro atoms. The number of methoxy groups -OCH3 is 2. The zero-order valence-corrected chi connectivity index (χ0v) is 7.87. The van der Waals surface area contributed by atoms with Gasteiger partial charge in [-0.05, 0) is 0 Å². The first kappa shape index (κ1) is 8.68. The van der Waals surface area contributed by atoms with Gasteiger partial charge >= 0.3 is 0 Å². The van der Waals surface area contributed by atoms with Crippen molar-refractivity contribution in [3.05, 3.63) is 12.4 Å². The third-order valence-electron chi connectivity index (χ3n) is 2.03. The molecule has 0 aliphatic carbocycles. The smallest absolute Gasteiger partial charge is 0.238 e. The molecule has 14 heavy (non-hydrogen) atoms. The van der Waals surface area contributed by atoms with Crippen LogP contribution in [0.3, 0.4) is 0 Å². The van der Waals surface area contributed by atoms with Gasteiger partial charge in [0.05, 0.1) is 25.8 Å². The molecule has 74 valence electrons. The molecule has 0 atom stereocenters. The van der Waals surface area contributed by atoms with Gasteiger partial charge < -0.3 is 19.6 Å². The molecule has 2 rings (SSSR count). The van der Waals surface area contributed by atoms with E-state index in [2.05, 4.69) is 9.97 Å². The number of aromatic amines is 1. The number of ether oxygens (including phenoxy) is 2. The molecule has 0 bridgehead atoms. The van der Waals surface area contributed by atoms with Crippen molar-refractivity contribution in [2.24, 2.45) is 0 Å². The fourth-order valence-electron chi connectivity index (χ4n) is 1.39. The molecule has 2 aromatic rings. The number of nitrogens with zero attached hydrogens (tertiary/aromatic N) is 1. The second kappa shape index (κ2) is 3.10. The van der Waals surface area contributed by atoms with Crippen LogP contribution in [0.25, 0.3) is 10.9 Å². The zero-order valence-electron chi connectivity index (χ0n) is 7.87. The van der Waals surface area contributed by atoms with Crippen LogP contribution < -0.4 is 9.47 Å². The molecule has 2 N–H and O–H groups in total. The van der Waals surface area contributed by atoms with Crippen LogP contribution >= 0.6 is 0 Å². The van der Waals surface area contributed by atoms with Crippen LogP contribution in [0, 0.1) is 0 Å². The Labute approximate surface area is 80.3 Å². The first-order chi connectivity index (χ1) is 6.77. The molecular formula is C9H10N2O3. The van der Waals surface area contributed by atoms with Crippen molar-refractivity contribution in [3.8, 4) is 17.4 Å². The summed E-state index contributed by atoms with van der Waals surface area (Å²) < 4.78 is 10.1. The summed E-state index contributed by atoms with van der Waals surface area (Å²) in [6, 6.07) is 0. The fraction of sp³-hybridized carbons (Fsp3) is 0.222. The van der Waals surface area contributed by atoms with E-state index in [-0.39, 0.29) is 5.75 Å². The Morgan fingerprint density at radius 1 is 1.36 bits per heavy atom. The normalized spacial score (nSPS) is 10.4. The van der Waals surface area contributed by atoms with E-state index >= 15 is 0 Å². The lowest BCUT2D eigenvalue weighted by Gasteiger charge is -2.04. The Morgan fingerprint density at radius 2 is 2.14 bits per heavy atom. The molecule has 0 saturated carbocycles. The number of hydrogen-bond acceptors (Lipinski definition) is 4. The number of H-pyrrole nitrogens is 1. The number of pyridine rings is 1. The third-order valence-corrected chi connectivity index (χ3v) is 2.03. The van der Waals surface area contributed by atoms with Crippen LogP contribution in [0.5, 0.6) is 17.4 Å². The SMILES string of the molecule is COc1ncc(OC)c2c(O)c[nH]c12. The summed E-state index contributed by atoms with van der Waals surface area (Å²) in [5, 5.41) is 10.1. The van der Waals surface area contributed by atoms with Crippen LogP contribution in [-0.4, -0.2) is 29.3 Å². The van der Waals surface area contributed by atoms with Gasteiger partial charge in [0, 0.05) is 6.20 Å². The van der Waals surface area contributed by atoms with E-state index in [4.69, 9.17) is 9.47 Å². The fourth-order valence-corrected chi connectivity index (χ4v) is 1.39. The number of rotatable bonds is 2. The van der Waals surface area contributed by atoms with Crippen molar-refractivity contribution in [1.82, 2.24) is 9.97 Å². The molecule has 0 amide bonds. The van der Waals surface area contributed by atoms with E-state index in [1.54, 1.807) is 0 Å². The van der Waals surface area contributed by atoms with Gasteiger partial charge in [0.15, 0.2) is 5.75 Å². The van der Waals surface area contributed by atoms with E-state index in [0.29, 0.717) is 22.5 Å². The van der Waals surface area contributed by atoms with Crippen LogP contribution in [0.1, 0.15) is 0 Å². The maximum atomic E-state index is 9.55. The molecular weight excluding hydrogens is 184 g/mol. The van der Waals surface area contributed by atoms with E-state index in [9.17, 15) is 5.11 Å². The Balaban J connectivity index is 2.81. The topological polar surface area (TPSA) is 67.4 Å². The number of fused-ring (bicyclic) bond motifs is 1. The van der Waals surface area contributed by atoms with Crippen LogP contribution in [-0.2, 0) is 0 Å². The standard InChI is InChI=1S/C9H10N2O3/c1-13-6-4-11-9(14-2)8-7(6)5(12)3-10-8/h3-4,10,12H,1-2H3. The molecule has 2 heterocycles.